The van der Waals surface area contributed by atoms with Gasteiger partial charge >= 0.3 is 7.12 Å². The highest BCUT2D eigenvalue weighted by Crippen LogP contribution is 2.37. The van der Waals surface area contributed by atoms with Gasteiger partial charge in [-0.25, -0.2) is 8.78 Å². The first-order valence-electron chi connectivity index (χ1n) is 6.81. The fourth-order valence-electron chi connectivity index (χ4n) is 2.05. The van der Waals surface area contributed by atoms with Crippen LogP contribution in [-0.2, 0) is 9.31 Å². The molecule has 1 aromatic rings. The van der Waals surface area contributed by atoms with Crippen molar-refractivity contribution in [2.75, 3.05) is 5.32 Å². The predicted octanol–water partition coefficient (Wildman–Crippen LogP) is 3.21. The topological polar surface area (TPSA) is 30.5 Å². The molecule has 114 valence electrons. The van der Waals surface area contributed by atoms with Gasteiger partial charge in [-0.15, -0.1) is 0 Å². The summed E-state index contributed by atoms with van der Waals surface area (Å²) in [5.41, 5.74) is -0.798. The number of halogens is 2. The van der Waals surface area contributed by atoms with Crippen LogP contribution in [0.2, 0.25) is 0 Å². The highest BCUT2D eigenvalue weighted by molar-refractivity contribution is 6.62. The van der Waals surface area contributed by atoms with Crippen molar-refractivity contribution in [2.45, 2.75) is 45.8 Å². The maximum atomic E-state index is 14.5. The van der Waals surface area contributed by atoms with E-state index in [0.29, 0.717) is 5.70 Å². The summed E-state index contributed by atoms with van der Waals surface area (Å²) in [5, 5.41) is 2.59. The fourth-order valence-corrected chi connectivity index (χ4v) is 2.05. The number of rotatable bonds is 3. The zero-order valence-electron chi connectivity index (χ0n) is 13.0. The van der Waals surface area contributed by atoms with Gasteiger partial charge in [-0.05, 0) is 40.7 Å². The number of nitrogens with one attached hydrogen (secondary N) is 1. The molecule has 0 aromatic heterocycles. The van der Waals surface area contributed by atoms with Crippen molar-refractivity contribution >= 4 is 18.3 Å². The molecular formula is C15H20BF2NO2. The Morgan fingerprint density at radius 2 is 1.67 bits per heavy atom. The summed E-state index contributed by atoms with van der Waals surface area (Å²) in [6.45, 7) is 12.7. The third-order valence-electron chi connectivity index (χ3n) is 3.97. The third kappa shape index (κ3) is 2.83. The molecule has 1 aliphatic heterocycles. The molecule has 2 rings (SSSR count). The van der Waals surface area contributed by atoms with Gasteiger partial charge in [0.05, 0.1) is 11.2 Å². The first kappa shape index (κ1) is 16.0. The van der Waals surface area contributed by atoms with E-state index in [4.69, 9.17) is 9.31 Å². The van der Waals surface area contributed by atoms with E-state index in [0.717, 1.165) is 0 Å². The molecule has 0 amide bonds. The Hall–Kier alpha value is -1.40. The molecule has 0 bridgehead atoms. The molecule has 1 aromatic carbocycles. The molecule has 0 spiro atoms. The lowest BCUT2D eigenvalue weighted by Crippen LogP contribution is -2.41. The van der Waals surface area contributed by atoms with Crippen molar-refractivity contribution in [3.8, 4) is 0 Å². The highest BCUT2D eigenvalue weighted by Gasteiger charge is 2.52. The number of hydrogen-bond acceptors (Lipinski definition) is 3. The molecule has 1 saturated heterocycles. The van der Waals surface area contributed by atoms with Crippen LogP contribution in [0, 0.1) is 11.6 Å². The summed E-state index contributed by atoms with van der Waals surface area (Å²) in [7, 11) is -0.874. The van der Waals surface area contributed by atoms with E-state index in [9.17, 15) is 8.78 Å². The zero-order valence-corrected chi connectivity index (χ0v) is 13.0. The maximum absolute atomic E-state index is 14.5. The van der Waals surface area contributed by atoms with Gasteiger partial charge in [0.25, 0.3) is 0 Å². The Morgan fingerprint density at radius 3 is 2.14 bits per heavy atom. The lowest BCUT2D eigenvalue weighted by atomic mass is 9.78. The minimum absolute atomic E-state index is 0.166. The Morgan fingerprint density at radius 1 is 1.14 bits per heavy atom. The van der Waals surface area contributed by atoms with Crippen molar-refractivity contribution in [2.24, 2.45) is 0 Å². The van der Waals surface area contributed by atoms with Crippen LogP contribution in [-0.4, -0.2) is 18.3 Å². The van der Waals surface area contributed by atoms with E-state index in [2.05, 4.69) is 11.9 Å². The van der Waals surface area contributed by atoms with E-state index >= 15 is 0 Å². The second-order valence-electron chi connectivity index (χ2n) is 6.32. The lowest BCUT2D eigenvalue weighted by molar-refractivity contribution is 0.00578. The van der Waals surface area contributed by atoms with Gasteiger partial charge in [0.15, 0.2) is 0 Å². The number of benzene rings is 1. The first-order valence-corrected chi connectivity index (χ1v) is 6.81. The number of anilines is 1. The molecule has 0 aliphatic carbocycles. The molecule has 1 heterocycles. The average molecular weight is 295 g/mol. The second-order valence-corrected chi connectivity index (χ2v) is 6.32. The Balaban J connectivity index is 2.41. The largest absolute Gasteiger partial charge is 0.497 e. The van der Waals surface area contributed by atoms with Crippen molar-refractivity contribution in [3.63, 3.8) is 0 Å². The molecule has 1 fully saturated rings. The molecule has 0 saturated carbocycles. The third-order valence-corrected chi connectivity index (χ3v) is 3.97. The zero-order chi connectivity index (χ0) is 16.0. The smallest absolute Gasteiger partial charge is 0.399 e. The quantitative estimate of drug-likeness (QED) is 0.869. The van der Waals surface area contributed by atoms with Gasteiger partial charge < -0.3 is 14.6 Å². The Bertz CT molecular complexity index is 571. The summed E-state index contributed by atoms with van der Waals surface area (Å²) >= 11 is 0. The maximum Gasteiger partial charge on any atom is 0.497 e. The van der Waals surface area contributed by atoms with Crippen molar-refractivity contribution in [3.05, 3.63) is 36.0 Å². The van der Waals surface area contributed by atoms with Gasteiger partial charge in [-0.2, -0.15) is 0 Å². The minimum Gasteiger partial charge on any atom is -0.399 e. The molecule has 6 heteroatoms. The molecule has 1 N–H and O–H groups in total. The van der Waals surface area contributed by atoms with E-state index in [1.807, 2.05) is 27.7 Å². The predicted molar refractivity (Wildman–Crippen MR) is 80.5 cm³/mol. The van der Waals surface area contributed by atoms with E-state index in [-0.39, 0.29) is 11.2 Å². The number of allylic oxidation sites excluding steroid dienone is 1. The van der Waals surface area contributed by atoms with Crippen LogP contribution in [0.15, 0.2) is 24.4 Å². The molecular weight excluding hydrogens is 275 g/mol. The summed E-state index contributed by atoms with van der Waals surface area (Å²) < 4.78 is 39.9. The van der Waals surface area contributed by atoms with E-state index < -0.39 is 30.0 Å². The molecule has 1 aliphatic rings. The van der Waals surface area contributed by atoms with Crippen molar-refractivity contribution < 1.29 is 18.1 Å². The monoisotopic (exact) mass is 295 g/mol. The van der Waals surface area contributed by atoms with E-state index in [1.165, 1.54) is 12.1 Å². The summed E-state index contributed by atoms with van der Waals surface area (Å²) in [5.74, 6) is -1.41. The van der Waals surface area contributed by atoms with Gasteiger partial charge in [0, 0.05) is 11.2 Å². The summed E-state index contributed by atoms with van der Waals surface area (Å²) in [4.78, 5) is 0. The molecule has 3 nitrogen and oxygen atoms in total. The van der Waals surface area contributed by atoms with Crippen LogP contribution in [0.4, 0.5) is 14.5 Å². The van der Waals surface area contributed by atoms with Gasteiger partial charge in [-0.3, -0.25) is 0 Å². The van der Waals surface area contributed by atoms with Crippen LogP contribution in [0.25, 0.3) is 0 Å². The van der Waals surface area contributed by atoms with Crippen LogP contribution in [0.3, 0.4) is 0 Å². The van der Waals surface area contributed by atoms with Crippen LogP contribution >= 0.6 is 0 Å². The highest BCUT2D eigenvalue weighted by atomic mass is 19.1. The van der Waals surface area contributed by atoms with Crippen LogP contribution in [0.5, 0.6) is 0 Å². The molecule has 21 heavy (non-hydrogen) atoms. The summed E-state index contributed by atoms with van der Waals surface area (Å²) in [6.07, 6.45) is 0. The molecule has 0 unspecified atom stereocenters. The fraction of sp³-hybridized carbons (Fsp3) is 0.467. The Labute approximate surface area is 124 Å². The lowest BCUT2D eigenvalue weighted by Gasteiger charge is -2.32. The minimum atomic E-state index is -0.874. The second kappa shape index (κ2) is 5.11. The first-order chi connectivity index (χ1) is 9.55. The van der Waals surface area contributed by atoms with Gasteiger partial charge in [0.2, 0.25) is 0 Å². The standard InChI is InChI=1S/C15H20BF2NO2/c1-9(2)19-13-11(17)8-7-10(12(13)18)16-20-14(3,4)15(5,6)21-16/h7-8,19H,1H2,2-6H3. The van der Waals surface area contributed by atoms with Crippen molar-refractivity contribution in [1.29, 1.82) is 0 Å². The van der Waals surface area contributed by atoms with Crippen LogP contribution < -0.4 is 10.8 Å². The summed E-state index contributed by atoms with van der Waals surface area (Å²) in [6, 6.07) is 2.53. The number of hydrogen-bond donors (Lipinski definition) is 1. The average Bonchev–Trinajstić information content (AvgIpc) is 2.53. The van der Waals surface area contributed by atoms with Gasteiger partial charge in [-0.1, -0.05) is 12.6 Å². The molecule has 0 radical (unpaired) electrons. The normalized spacial score (nSPS) is 19.7. The van der Waals surface area contributed by atoms with Crippen molar-refractivity contribution in [1.82, 2.24) is 0 Å². The Kier molecular flexibility index (Phi) is 3.89. The van der Waals surface area contributed by atoms with Gasteiger partial charge in [0.1, 0.15) is 17.3 Å². The molecule has 0 atom stereocenters. The van der Waals surface area contributed by atoms with E-state index in [1.54, 1.807) is 6.92 Å². The van der Waals surface area contributed by atoms with Crippen LogP contribution in [0.1, 0.15) is 34.6 Å². The SMILES string of the molecule is C=C(C)Nc1c(F)ccc(B2OC(C)(C)C(C)(C)O2)c1F.